The van der Waals surface area contributed by atoms with Crippen molar-refractivity contribution in [2.45, 2.75) is 26.8 Å². The fourth-order valence-electron chi connectivity index (χ4n) is 1.20. The van der Waals surface area contributed by atoms with Crippen LogP contribution in [0.25, 0.3) is 0 Å². The molecule has 4 nitrogen and oxygen atoms in total. The molecule has 0 fully saturated rings. The Hall–Kier alpha value is -1.55. The third-order valence-corrected chi connectivity index (χ3v) is 2.13. The second-order valence-electron chi connectivity index (χ2n) is 4.48. The number of ether oxygens (including phenoxy) is 1. The van der Waals surface area contributed by atoms with Crippen LogP contribution in [0.5, 0.6) is 5.75 Å². The van der Waals surface area contributed by atoms with Crippen LogP contribution in [0.4, 0.5) is 5.69 Å². The van der Waals surface area contributed by atoms with Crippen LogP contribution in [0, 0.1) is 5.92 Å². The van der Waals surface area contributed by atoms with E-state index in [2.05, 4.69) is 19.2 Å². The molecule has 1 amide bonds. The standard InChI is InChI=1S/C13H20N2O2/c1-9(2)8-17-12-7-5-4-6-11(12)15-13(16)10(3)14/h4-7,9-10H,8,14H2,1-3H3,(H,15,16)/t10-/m1/s1. The smallest absolute Gasteiger partial charge is 0.241 e. The summed E-state index contributed by atoms with van der Waals surface area (Å²) in [6.07, 6.45) is 0. The zero-order valence-electron chi connectivity index (χ0n) is 10.6. The van der Waals surface area contributed by atoms with Gasteiger partial charge in [-0.2, -0.15) is 0 Å². The summed E-state index contributed by atoms with van der Waals surface area (Å²) in [6.45, 7) is 6.41. The van der Waals surface area contributed by atoms with Crippen LogP contribution in [0.2, 0.25) is 0 Å². The molecule has 94 valence electrons. The number of carbonyl (C=O) groups excluding carboxylic acids is 1. The minimum absolute atomic E-state index is 0.217. The van der Waals surface area contributed by atoms with E-state index in [1.54, 1.807) is 13.0 Å². The van der Waals surface area contributed by atoms with Crippen molar-refractivity contribution in [3.63, 3.8) is 0 Å². The average molecular weight is 236 g/mol. The largest absolute Gasteiger partial charge is 0.491 e. The van der Waals surface area contributed by atoms with Gasteiger partial charge in [-0.3, -0.25) is 4.79 Å². The van der Waals surface area contributed by atoms with Crippen LogP contribution in [0.3, 0.4) is 0 Å². The van der Waals surface area contributed by atoms with E-state index in [0.29, 0.717) is 24.0 Å². The van der Waals surface area contributed by atoms with Gasteiger partial charge in [0, 0.05) is 0 Å². The lowest BCUT2D eigenvalue weighted by Crippen LogP contribution is -2.32. The second kappa shape index (κ2) is 6.25. The number of carbonyl (C=O) groups is 1. The van der Waals surface area contributed by atoms with Crippen LogP contribution in [0.15, 0.2) is 24.3 Å². The number of rotatable bonds is 5. The normalized spacial score (nSPS) is 12.3. The van der Waals surface area contributed by atoms with Crippen molar-refractivity contribution in [1.29, 1.82) is 0 Å². The van der Waals surface area contributed by atoms with Gasteiger partial charge in [-0.15, -0.1) is 0 Å². The number of para-hydroxylation sites is 2. The Balaban J connectivity index is 2.74. The lowest BCUT2D eigenvalue weighted by atomic mass is 10.2. The highest BCUT2D eigenvalue weighted by Crippen LogP contribution is 2.24. The van der Waals surface area contributed by atoms with Crippen molar-refractivity contribution in [2.24, 2.45) is 11.7 Å². The van der Waals surface area contributed by atoms with Gasteiger partial charge in [0.25, 0.3) is 0 Å². The van der Waals surface area contributed by atoms with Crippen molar-refractivity contribution in [3.8, 4) is 5.75 Å². The first-order valence-corrected chi connectivity index (χ1v) is 5.79. The maximum Gasteiger partial charge on any atom is 0.241 e. The van der Waals surface area contributed by atoms with E-state index in [9.17, 15) is 4.79 Å². The van der Waals surface area contributed by atoms with Gasteiger partial charge in [0.2, 0.25) is 5.91 Å². The predicted molar refractivity (Wildman–Crippen MR) is 69.1 cm³/mol. The second-order valence-corrected chi connectivity index (χ2v) is 4.48. The van der Waals surface area contributed by atoms with Gasteiger partial charge in [-0.25, -0.2) is 0 Å². The fourth-order valence-corrected chi connectivity index (χ4v) is 1.20. The molecule has 0 aliphatic heterocycles. The number of nitrogens with two attached hydrogens (primary N) is 1. The molecule has 1 rings (SSSR count). The predicted octanol–water partition coefficient (Wildman–Crippen LogP) is 2.01. The number of hydrogen-bond acceptors (Lipinski definition) is 3. The van der Waals surface area contributed by atoms with E-state index in [4.69, 9.17) is 10.5 Å². The highest BCUT2D eigenvalue weighted by Gasteiger charge is 2.11. The minimum Gasteiger partial charge on any atom is -0.491 e. The summed E-state index contributed by atoms with van der Waals surface area (Å²) in [6, 6.07) is 6.82. The van der Waals surface area contributed by atoms with Gasteiger partial charge in [-0.05, 0) is 25.0 Å². The highest BCUT2D eigenvalue weighted by atomic mass is 16.5. The first kappa shape index (κ1) is 13.5. The van der Waals surface area contributed by atoms with Gasteiger partial charge in [0.1, 0.15) is 5.75 Å². The van der Waals surface area contributed by atoms with Crippen LogP contribution >= 0.6 is 0 Å². The molecule has 0 aromatic heterocycles. The molecule has 4 heteroatoms. The Bertz CT molecular complexity index is 375. The van der Waals surface area contributed by atoms with E-state index in [-0.39, 0.29) is 5.91 Å². The highest BCUT2D eigenvalue weighted by molar-refractivity contribution is 5.95. The molecule has 0 saturated heterocycles. The molecular formula is C13H20N2O2. The summed E-state index contributed by atoms with van der Waals surface area (Å²) in [5, 5.41) is 2.74. The topological polar surface area (TPSA) is 64.3 Å². The van der Waals surface area contributed by atoms with Gasteiger partial charge in [0.15, 0.2) is 0 Å². The summed E-state index contributed by atoms with van der Waals surface area (Å²) in [5.41, 5.74) is 6.17. The molecule has 0 radical (unpaired) electrons. The minimum atomic E-state index is -0.534. The fraction of sp³-hybridized carbons (Fsp3) is 0.462. The van der Waals surface area contributed by atoms with Crippen molar-refractivity contribution in [3.05, 3.63) is 24.3 Å². The van der Waals surface area contributed by atoms with E-state index < -0.39 is 6.04 Å². The molecule has 0 saturated carbocycles. The lowest BCUT2D eigenvalue weighted by Gasteiger charge is -2.14. The third kappa shape index (κ3) is 4.44. The number of anilines is 1. The SMILES string of the molecule is CC(C)COc1ccccc1NC(=O)[C@@H](C)N. The summed E-state index contributed by atoms with van der Waals surface area (Å²) >= 11 is 0. The van der Waals surface area contributed by atoms with Crippen molar-refractivity contribution in [2.75, 3.05) is 11.9 Å². The maximum atomic E-state index is 11.5. The number of benzene rings is 1. The summed E-state index contributed by atoms with van der Waals surface area (Å²) in [7, 11) is 0. The quantitative estimate of drug-likeness (QED) is 0.822. The van der Waals surface area contributed by atoms with E-state index in [1.165, 1.54) is 0 Å². The molecular weight excluding hydrogens is 216 g/mol. The Kier molecular flexibility index (Phi) is 4.97. The van der Waals surface area contributed by atoms with Gasteiger partial charge in [-0.1, -0.05) is 26.0 Å². The van der Waals surface area contributed by atoms with Crippen molar-refractivity contribution >= 4 is 11.6 Å². The molecule has 0 aliphatic rings. The van der Waals surface area contributed by atoms with Crippen LogP contribution in [-0.2, 0) is 4.79 Å². The van der Waals surface area contributed by atoms with Gasteiger partial charge < -0.3 is 15.8 Å². The molecule has 1 atom stereocenters. The molecule has 1 aromatic rings. The Morgan fingerprint density at radius 1 is 1.35 bits per heavy atom. The number of nitrogens with one attached hydrogen (secondary N) is 1. The van der Waals surface area contributed by atoms with E-state index >= 15 is 0 Å². The zero-order valence-corrected chi connectivity index (χ0v) is 10.6. The molecule has 0 unspecified atom stereocenters. The average Bonchev–Trinajstić information content (AvgIpc) is 2.27. The first-order chi connectivity index (χ1) is 8.00. The van der Waals surface area contributed by atoms with Crippen molar-refractivity contribution < 1.29 is 9.53 Å². The van der Waals surface area contributed by atoms with Crippen molar-refractivity contribution in [1.82, 2.24) is 0 Å². The van der Waals surface area contributed by atoms with E-state index in [1.807, 2.05) is 18.2 Å². The monoisotopic (exact) mass is 236 g/mol. The van der Waals surface area contributed by atoms with E-state index in [0.717, 1.165) is 0 Å². The third-order valence-electron chi connectivity index (χ3n) is 2.13. The Morgan fingerprint density at radius 2 is 2.00 bits per heavy atom. The Morgan fingerprint density at radius 3 is 2.59 bits per heavy atom. The molecule has 3 N–H and O–H groups in total. The van der Waals surface area contributed by atoms with Crippen LogP contribution < -0.4 is 15.8 Å². The first-order valence-electron chi connectivity index (χ1n) is 5.79. The lowest BCUT2D eigenvalue weighted by molar-refractivity contribution is -0.117. The molecule has 0 bridgehead atoms. The summed E-state index contributed by atoms with van der Waals surface area (Å²) in [4.78, 5) is 11.5. The van der Waals surface area contributed by atoms with Gasteiger partial charge in [0.05, 0.1) is 18.3 Å². The maximum absolute atomic E-state index is 11.5. The summed E-state index contributed by atoms with van der Waals surface area (Å²) < 4.78 is 5.62. The zero-order chi connectivity index (χ0) is 12.8. The van der Waals surface area contributed by atoms with Crippen LogP contribution in [0.1, 0.15) is 20.8 Å². The molecule has 17 heavy (non-hydrogen) atoms. The molecule has 0 heterocycles. The number of hydrogen-bond donors (Lipinski definition) is 2. The molecule has 1 aromatic carbocycles. The Labute approximate surface area is 102 Å². The van der Waals surface area contributed by atoms with Gasteiger partial charge >= 0.3 is 0 Å². The van der Waals surface area contributed by atoms with Crippen LogP contribution in [-0.4, -0.2) is 18.6 Å². The molecule has 0 spiro atoms. The number of amides is 1. The summed E-state index contributed by atoms with van der Waals surface area (Å²) in [5.74, 6) is 0.896. The molecule has 0 aliphatic carbocycles.